The molecule has 0 aliphatic heterocycles. The van der Waals surface area contributed by atoms with Crippen LogP contribution in [-0.4, -0.2) is 41.0 Å². The lowest BCUT2D eigenvalue weighted by molar-refractivity contribution is 0.284. The molecule has 0 atom stereocenters. The van der Waals surface area contributed by atoms with Gasteiger partial charge in [-0.15, -0.1) is 0 Å². The second-order valence-corrected chi connectivity index (χ2v) is 3.99. The van der Waals surface area contributed by atoms with Gasteiger partial charge < -0.3 is 10.2 Å². The van der Waals surface area contributed by atoms with E-state index in [2.05, 4.69) is 41.1 Å². The van der Waals surface area contributed by atoms with Gasteiger partial charge in [0, 0.05) is 31.5 Å². The molecule has 0 bridgehead atoms. The molecule has 4 heteroatoms. The van der Waals surface area contributed by atoms with Gasteiger partial charge in [0.25, 0.3) is 0 Å². The molecule has 0 aromatic carbocycles. The second kappa shape index (κ2) is 5.66. The van der Waals surface area contributed by atoms with Gasteiger partial charge >= 0.3 is 0 Å². The van der Waals surface area contributed by atoms with Gasteiger partial charge in [-0.2, -0.15) is 0 Å². The number of hydrogen-bond acceptors (Lipinski definition) is 4. The summed E-state index contributed by atoms with van der Waals surface area (Å²) in [6, 6.07) is 0.578. The molecular formula is C11H20N4. The topological polar surface area (TPSA) is 41.1 Å². The average Bonchev–Trinajstić information content (AvgIpc) is 2.20. The summed E-state index contributed by atoms with van der Waals surface area (Å²) in [5.41, 5.74) is 0.949. The Kier molecular flexibility index (Phi) is 4.49. The van der Waals surface area contributed by atoms with E-state index in [1.54, 1.807) is 12.4 Å². The van der Waals surface area contributed by atoms with Crippen LogP contribution in [-0.2, 0) is 0 Å². The number of likely N-dealkylation sites (N-methyl/N-ethyl adjacent to an activating group) is 1. The van der Waals surface area contributed by atoms with Gasteiger partial charge in [-0.25, -0.2) is 4.98 Å². The molecular weight excluding hydrogens is 188 g/mol. The zero-order valence-electron chi connectivity index (χ0n) is 9.99. The predicted molar refractivity (Wildman–Crippen MR) is 63.0 cm³/mol. The van der Waals surface area contributed by atoms with Crippen molar-refractivity contribution in [2.75, 3.05) is 25.5 Å². The van der Waals surface area contributed by atoms with Crippen LogP contribution in [0.4, 0.5) is 5.82 Å². The van der Waals surface area contributed by atoms with Crippen LogP contribution in [0.5, 0.6) is 0 Å². The third-order valence-corrected chi connectivity index (χ3v) is 2.52. The zero-order chi connectivity index (χ0) is 11.3. The van der Waals surface area contributed by atoms with E-state index in [1.165, 1.54) is 0 Å². The monoisotopic (exact) mass is 208 g/mol. The van der Waals surface area contributed by atoms with Gasteiger partial charge in [-0.05, 0) is 27.8 Å². The van der Waals surface area contributed by atoms with Crippen molar-refractivity contribution in [3.05, 3.63) is 18.1 Å². The van der Waals surface area contributed by atoms with Gasteiger partial charge in [0.2, 0.25) is 0 Å². The number of hydrogen-bond donors (Lipinski definition) is 1. The van der Waals surface area contributed by atoms with Crippen LogP contribution in [0, 0.1) is 6.92 Å². The van der Waals surface area contributed by atoms with E-state index in [0.717, 1.165) is 24.6 Å². The number of nitrogens with zero attached hydrogens (tertiary/aromatic N) is 3. The quantitative estimate of drug-likeness (QED) is 0.797. The number of nitrogens with one attached hydrogen (secondary N) is 1. The summed E-state index contributed by atoms with van der Waals surface area (Å²) in [6.45, 7) is 8.24. The van der Waals surface area contributed by atoms with Gasteiger partial charge in [0.1, 0.15) is 5.82 Å². The Balaban J connectivity index is 2.35. The summed E-state index contributed by atoms with van der Waals surface area (Å²) in [7, 11) is 2.12. The molecule has 0 aliphatic carbocycles. The minimum absolute atomic E-state index is 0.578. The summed E-state index contributed by atoms with van der Waals surface area (Å²) >= 11 is 0. The number of aromatic nitrogens is 2. The summed E-state index contributed by atoms with van der Waals surface area (Å²) in [4.78, 5) is 10.7. The molecule has 1 aromatic heterocycles. The summed E-state index contributed by atoms with van der Waals surface area (Å²) in [5.74, 6) is 0.884. The van der Waals surface area contributed by atoms with Crippen LogP contribution in [0.15, 0.2) is 12.4 Å². The summed E-state index contributed by atoms with van der Waals surface area (Å²) in [6.07, 6.45) is 3.42. The van der Waals surface area contributed by atoms with E-state index in [1.807, 2.05) is 6.92 Å². The third-order valence-electron chi connectivity index (χ3n) is 2.52. The second-order valence-electron chi connectivity index (χ2n) is 3.99. The SMILES string of the molecule is Cc1nccnc1NCCN(C)C(C)C. The lowest BCUT2D eigenvalue weighted by atomic mass is 10.3. The summed E-state index contributed by atoms with van der Waals surface area (Å²) < 4.78 is 0. The first-order valence-corrected chi connectivity index (χ1v) is 5.33. The first kappa shape index (κ1) is 11.9. The average molecular weight is 208 g/mol. The predicted octanol–water partition coefficient (Wildman–Crippen LogP) is 1.54. The Morgan fingerprint density at radius 3 is 2.60 bits per heavy atom. The lowest BCUT2D eigenvalue weighted by Crippen LogP contribution is -2.31. The Morgan fingerprint density at radius 2 is 2.00 bits per heavy atom. The summed E-state index contributed by atoms with van der Waals surface area (Å²) in [5, 5.41) is 3.28. The highest BCUT2D eigenvalue weighted by molar-refractivity contribution is 5.38. The van der Waals surface area contributed by atoms with Gasteiger partial charge in [-0.1, -0.05) is 0 Å². The number of anilines is 1. The molecule has 4 nitrogen and oxygen atoms in total. The van der Waals surface area contributed by atoms with Crippen molar-refractivity contribution in [1.29, 1.82) is 0 Å². The van der Waals surface area contributed by atoms with Crippen molar-refractivity contribution in [3.8, 4) is 0 Å². The van der Waals surface area contributed by atoms with Crippen molar-refractivity contribution in [1.82, 2.24) is 14.9 Å². The van der Waals surface area contributed by atoms with E-state index >= 15 is 0 Å². The van der Waals surface area contributed by atoms with Crippen molar-refractivity contribution < 1.29 is 0 Å². The van der Waals surface area contributed by atoms with E-state index < -0.39 is 0 Å². The van der Waals surface area contributed by atoms with Crippen LogP contribution in [0.1, 0.15) is 19.5 Å². The van der Waals surface area contributed by atoms with Crippen LogP contribution < -0.4 is 5.32 Å². The van der Waals surface area contributed by atoms with E-state index in [4.69, 9.17) is 0 Å². The van der Waals surface area contributed by atoms with Crippen molar-refractivity contribution >= 4 is 5.82 Å². The molecule has 0 radical (unpaired) electrons. The first-order valence-electron chi connectivity index (χ1n) is 5.33. The number of rotatable bonds is 5. The van der Waals surface area contributed by atoms with E-state index in [9.17, 15) is 0 Å². The largest absolute Gasteiger partial charge is 0.367 e. The highest BCUT2D eigenvalue weighted by Crippen LogP contribution is 2.05. The molecule has 0 saturated heterocycles. The highest BCUT2D eigenvalue weighted by Gasteiger charge is 2.03. The molecule has 0 aliphatic rings. The fourth-order valence-electron chi connectivity index (χ4n) is 1.19. The maximum atomic E-state index is 4.23. The molecule has 15 heavy (non-hydrogen) atoms. The van der Waals surface area contributed by atoms with Crippen LogP contribution in [0.3, 0.4) is 0 Å². The molecule has 1 rings (SSSR count). The van der Waals surface area contributed by atoms with Crippen molar-refractivity contribution in [3.63, 3.8) is 0 Å². The maximum Gasteiger partial charge on any atom is 0.147 e. The van der Waals surface area contributed by atoms with Gasteiger partial charge in [0.05, 0.1) is 5.69 Å². The number of aryl methyl sites for hydroxylation is 1. The maximum absolute atomic E-state index is 4.23. The lowest BCUT2D eigenvalue weighted by Gasteiger charge is -2.21. The Morgan fingerprint density at radius 1 is 1.33 bits per heavy atom. The molecule has 1 heterocycles. The van der Waals surface area contributed by atoms with Crippen LogP contribution in [0.25, 0.3) is 0 Å². The van der Waals surface area contributed by atoms with Gasteiger partial charge in [0.15, 0.2) is 0 Å². The Labute approximate surface area is 91.7 Å². The first-order chi connectivity index (χ1) is 7.11. The smallest absolute Gasteiger partial charge is 0.147 e. The van der Waals surface area contributed by atoms with E-state index in [-0.39, 0.29) is 0 Å². The fraction of sp³-hybridized carbons (Fsp3) is 0.636. The minimum atomic E-state index is 0.578. The third kappa shape index (κ3) is 3.83. The Hall–Kier alpha value is -1.16. The van der Waals surface area contributed by atoms with Crippen molar-refractivity contribution in [2.45, 2.75) is 26.8 Å². The molecule has 0 saturated carbocycles. The van der Waals surface area contributed by atoms with Crippen molar-refractivity contribution in [2.24, 2.45) is 0 Å². The fourth-order valence-corrected chi connectivity index (χ4v) is 1.19. The minimum Gasteiger partial charge on any atom is -0.367 e. The molecule has 0 fully saturated rings. The van der Waals surface area contributed by atoms with Gasteiger partial charge in [-0.3, -0.25) is 4.98 Å². The molecule has 84 valence electrons. The highest BCUT2D eigenvalue weighted by atomic mass is 15.1. The standard InChI is InChI=1S/C11H20N4/c1-9(2)15(4)8-7-14-11-10(3)12-5-6-13-11/h5-6,9H,7-8H2,1-4H3,(H,13,14). The Bertz CT molecular complexity index is 298. The molecule has 1 N–H and O–H groups in total. The molecule has 0 unspecified atom stereocenters. The molecule has 1 aromatic rings. The normalized spacial score (nSPS) is 11.1. The van der Waals surface area contributed by atoms with Crippen LogP contribution in [0.2, 0.25) is 0 Å². The molecule has 0 amide bonds. The molecule has 0 spiro atoms. The van der Waals surface area contributed by atoms with Crippen LogP contribution >= 0.6 is 0 Å². The van der Waals surface area contributed by atoms with E-state index in [0.29, 0.717) is 6.04 Å². The zero-order valence-corrected chi connectivity index (χ0v) is 9.99.